The molecular formula is C18H31NS. The molecule has 0 radical (unpaired) electrons. The summed E-state index contributed by atoms with van der Waals surface area (Å²) in [4.78, 5) is 1.53. The number of hydrogen-bond donors (Lipinski definition) is 1. The second kappa shape index (κ2) is 6.62. The third-order valence-electron chi connectivity index (χ3n) is 5.17. The summed E-state index contributed by atoms with van der Waals surface area (Å²) >= 11 is 1.91. The lowest BCUT2D eigenvalue weighted by Crippen LogP contribution is -2.35. The molecule has 3 atom stereocenters. The molecule has 0 amide bonds. The summed E-state index contributed by atoms with van der Waals surface area (Å²) in [6.07, 6.45) is 4.16. The fourth-order valence-electron chi connectivity index (χ4n) is 3.75. The van der Waals surface area contributed by atoms with Crippen LogP contribution in [-0.4, -0.2) is 13.1 Å². The SMILES string of the molecule is CCNCC1CCC(C(C)(C)C)CC1c1ccsc1C. The molecule has 1 aromatic rings. The van der Waals surface area contributed by atoms with Crippen LogP contribution >= 0.6 is 11.3 Å². The molecule has 1 aliphatic rings. The molecule has 0 aromatic carbocycles. The Balaban J connectivity index is 2.17. The normalized spacial score (nSPS) is 27.8. The van der Waals surface area contributed by atoms with Gasteiger partial charge in [0.15, 0.2) is 0 Å². The Hall–Kier alpha value is -0.340. The molecule has 1 N–H and O–H groups in total. The van der Waals surface area contributed by atoms with Gasteiger partial charge in [-0.05, 0) is 79.5 Å². The molecule has 1 aromatic heterocycles. The topological polar surface area (TPSA) is 12.0 Å². The van der Waals surface area contributed by atoms with E-state index in [9.17, 15) is 0 Å². The predicted molar refractivity (Wildman–Crippen MR) is 90.6 cm³/mol. The molecule has 0 bridgehead atoms. The number of aryl methyl sites for hydroxylation is 1. The van der Waals surface area contributed by atoms with Crippen LogP contribution in [0.5, 0.6) is 0 Å². The van der Waals surface area contributed by atoms with E-state index < -0.39 is 0 Å². The van der Waals surface area contributed by atoms with Crippen molar-refractivity contribution in [3.63, 3.8) is 0 Å². The zero-order valence-corrected chi connectivity index (χ0v) is 14.6. The van der Waals surface area contributed by atoms with Crippen molar-refractivity contribution >= 4 is 11.3 Å². The molecule has 2 heteroatoms. The molecule has 1 heterocycles. The van der Waals surface area contributed by atoms with E-state index in [2.05, 4.69) is 51.4 Å². The molecule has 1 saturated carbocycles. The molecular weight excluding hydrogens is 262 g/mol. The van der Waals surface area contributed by atoms with Crippen molar-refractivity contribution in [2.75, 3.05) is 13.1 Å². The Morgan fingerprint density at radius 3 is 2.60 bits per heavy atom. The molecule has 20 heavy (non-hydrogen) atoms. The molecule has 114 valence electrons. The highest BCUT2D eigenvalue weighted by molar-refractivity contribution is 7.10. The number of nitrogens with one attached hydrogen (secondary N) is 1. The first-order valence-corrected chi connectivity index (χ1v) is 9.06. The van der Waals surface area contributed by atoms with Crippen LogP contribution in [0.25, 0.3) is 0 Å². The molecule has 1 aliphatic carbocycles. The van der Waals surface area contributed by atoms with Crippen molar-refractivity contribution in [3.05, 3.63) is 21.9 Å². The van der Waals surface area contributed by atoms with Crippen molar-refractivity contribution in [3.8, 4) is 0 Å². The van der Waals surface area contributed by atoms with Gasteiger partial charge in [-0.1, -0.05) is 27.7 Å². The van der Waals surface area contributed by atoms with E-state index in [-0.39, 0.29) is 0 Å². The maximum atomic E-state index is 3.59. The first-order valence-electron chi connectivity index (χ1n) is 8.18. The van der Waals surface area contributed by atoms with Gasteiger partial charge >= 0.3 is 0 Å². The average molecular weight is 294 g/mol. The van der Waals surface area contributed by atoms with Gasteiger partial charge in [-0.2, -0.15) is 0 Å². The van der Waals surface area contributed by atoms with Gasteiger partial charge < -0.3 is 5.32 Å². The Bertz CT molecular complexity index is 415. The highest BCUT2D eigenvalue weighted by Crippen LogP contribution is 2.47. The molecule has 2 rings (SSSR count). The summed E-state index contributed by atoms with van der Waals surface area (Å²) in [6, 6.07) is 2.38. The van der Waals surface area contributed by atoms with E-state index in [1.807, 2.05) is 11.3 Å². The lowest BCUT2D eigenvalue weighted by atomic mass is 9.64. The first kappa shape index (κ1) is 16.0. The van der Waals surface area contributed by atoms with Crippen molar-refractivity contribution < 1.29 is 0 Å². The van der Waals surface area contributed by atoms with Crippen LogP contribution < -0.4 is 5.32 Å². The van der Waals surface area contributed by atoms with Crippen LogP contribution in [0.1, 0.15) is 63.3 Å². The predicted octanol–water partition coefficient (Wildman–Crippen LogP) is 5.21. The van der Waals surface area contributed by atoms with Gasteiger partial charge in [0.05, 0.1) is 0 Å². The third-order valence-corrected chi connectivity index (χ3v) is 6.03. The van der Waals surface area contributed by atoms with Gasteiger partial charge in [0, 0.05) is 4.88 Å². The summed E-state index contributed by atoms with van der Waals surface area (Å²) < 4.78 is 0. The third kappa shape index (κ3) is 3.65. The Morgan fingerprint density at radius 2 is 2.05 bits per heavy atom. The highest BCUT2D eigenvalue weighted by atomic mass is 32.1. The zero-order valence-electron chi connectivity index (χ0n) is 13.8. The number of thiophene rings is 1. The van der Waals surface area contributed by atoms with Gasteiger partial charge in [-0.15, -0.1) is 11.3 Å². The second-order valence-electron chi connectivity index (χ2n) is 7.48. The van der Waals surface area contributed by atoms with Gasteiger partial charge in [-0.3, -0.25) is 0 Å². The molecule has 0 saturated heterocycles. The fourth-order valence-corrected chi connectivity index (χ4v) is 4.53. The number of rotatable bonds is 4. The minimum Gasteiger partial charge on any atom is -0.317 e. The molecule has 1 fully saturated rings. The quantitative estimate of drug-likeness (QED) is 0.803. The van der Waals surface area contributed by atoms with Crippen LogP contribution in [0.4, 0.5) is 0 Å². The van der Waals surface area contributed by atoms with Crippen LogP contribution in [0.15, 0.2) is 11.4 Å². The van der Waals surface area contributed by atoms with Crippen LogP contribution in [0.3, 0.4) is 0 Å². The van der Waals surface area contributed by atoms with Crippen molar-refractivity contribution in [1.82, 2.24) is 5.32 Å². The van der Waals surface area contributed by atoms with Crippen LogP contribution in [0.2, 0.25) is 0 Å². The van der Waals surface area contributed by atoms with Crippen LogP contribution in [0, 0.1) is 24.2 Å². The van der Waals surface area contributed by atoms with Gasteiger partial charge in [0.25, 0.3) is 0 Å². The molecule has 0 aliphatic heterocycles. The van der Waals surface area contributed by atoms with E-state index in [1.165, 1.54) is 30.7 Å². The maximum absolute atomic E-state index is 3.59. The lowest BCUT2D eigenvalue weighted by molar-refractivity contribution is 0.129. The fraction of sp³-hybridized carbons (Fsp3) is 0.778. The smallest absolute Gasteiger partial charge is 0.00491 e. The summed E-state index contributed by atoms with van der Waals surface area (Å²) in [5.74, 6) is 2.45. The lowest BCUT2D eigenvalue weighted by Gasteiger charge is -2.42. The van der Waals surface area contributed by atoms with Crippen molar-refractivity contribution in [1.29, 1.82) is 0 Å². The summed E-state index contributed by atoms with van der Waals surface area (Å²) in [5, 5.41) is 5.86. The van der Waals surface area contributed by atoms with E-state index in [1.54, 1.807) is 5.56 Å². The minimum absolute atomic E-state index is 0.450. The second-order valence-corrected chi connectivity index (χ2v) is 8.60. The average Bonchev–Trinajstić information content (AvgIpc) is 2.81. The Labute approximate surface area is 129 Å². The van der Waals surface area contributed by atoms with Gasteiger partial charge in [-0.25, -0.2) is 0 Å². The monoisotopic (exact) mass is 293 g/mol. The highest BCUT2D eigenvalue weighted by Gasteiger charge is 2.36. The summed E-state index contributed by atoms with van der Waals surface area (Å²) in [5.41, 5.74) is 2.08. The van der Waals surface area contributed by atoms with Crippen molar-refractivity contribution in [2.24, 2.45) is 17.3 Å². The van der Waals surface area contributed by atoms with E-state index >= 15 is 0 Å². The van der Waals surface area contributed by atoms with E-state index in [0.717, 1.165) is 24.3 Å². The zero-order chi connectivity index (χ0) is 14.8. The van der Waals surface area contributed by atoms with Crippen LogP contribution in [-0.2, 0) is 0 Å². The van der Waals surface area contributed by atoms with Crippen molar-refractivity contribution in [2.45, 2.75) is 59.8 Å². The minimum atomic E-state index is 0.450. The largest absolute Gasteiger partial charge is 0.317 e. The first-order chi connectivity index (χ1) is 9.43. The standard InChI is InChI=1S/C18H31NS/c1-6-19-12-14-7-8-15(18(3,4)5)11-17(14)16-9-10-20-13(16)2/h9-10,14-15,17,19H,6-8,11-12H2,1-5H3. The van der Waals surface area contributed by atoms with E-state index in [4.69, 9.17) is 0 Å². The Kier molecular flexibility index (Phi) is 5.30. The summed E-state index contributed by atoms with van der Waals surface area (Å²) in [7, 11) is 0. The molecule has 1 nitrogen and oxygen atoms in total. The number of hydrogen-bond acceptors (Lipinski definition) is 2. The maximum Gasteiger partial charge on any atom is 0.00491 e. The van der Waals surface area contributed by atoms with Gasteiger partial charge in [0.1, 0.15) is 0 Å². The Morgan fingerprint density at radius 1 is 1.30 bits per heavy atom. The van der Waals surface area contributed by atoms with Gasteiger partial charge in [0.2, 0.25) is 0 Å². The molecule has 0 spiro atoms. The summed E-state index contributed by atoms with van der Waals surface area (Å²) in [6.45, 7) is 14.0. The molecule has 3 unspecified atom stereocenters. The van der Waals surface area contributed by atoms with E-state index in [0.29, 0.717) is 5.41 Å².